The molecule has 0 aliphatic heterocycles. The molecule has 6 nitrogen and oxygen atoms in total. The lowest BCUT2D eigenvalue weighted by atomic mass is 9.98. The van der Waals surface area contributed by atoms with Crippen LogP contribution >= 0.6 is 0 Å². The van der Waals surface area contributed by atoms with Gasteiger partial charge in [0.15, 0.2) is 0 Å². The van der Waals surface area contributed by atoms with E-state index < -0.39 is 6.61 Å². The second-order valence-corrected chi connectivity index (χ2v) is 5.62. The highest BCUT2D eigenvalue weighted by Crippen LogP contribution is 2.24. The van der Waals surface area contributed by atoms with Crippen LogP contribution in [0.1, 0.15) is 17.2 Å². The molecule has 144 valence electrons. The summed E-state index contributed by atoms with van der Waals surface area (Å²) >= 11 is 0. The minimum Gasteiger partial charge on any atom is -0.435 e. The van der Waals surface area contributed by atoms with Gasteiger partial charge in [0.05, 0.1) is 19.1 Å². The van der Waals surface area contributed by atoms with Crippen LogP contribution in [0.5, 0.6) is 5.75 Å². The topological polar surface area (TPSA) is 79.5 Å². The number of hydrogen-bond acceptors (Lipinski definition) is 4. The van der Waals surface area contributed by atoms with Crippen LogP contribution < -0.4 is 20.7 Å². The van der Waals surface area contributed by atoms with Crippen LogP contribution in [0.25, 0.3) is 0 Å². The first kappa shape index (κ1) is 20.3. The molecule has 0 fully saturated rings. The van der Waals surface area contributed by atoms with Crippen molar-refractivity contribution in [1.82, 2.24) is 16.0 Å². The molecule has 8 heteroatoms. The summed E-state index contributed by atoms with van der Waals surface area (Å²) in [6, 6.07) is 15.3. The predicted octanol–water partition coefficient (Wildman–Crippen LogP) is 1.83. The second kappa shape index (κ2) is 10.2. The number of hydrogen-bond donors (Lipinski definition) is 3. The van der Waals surface area contributed by atoms with Gasteiger partial charge in [-0.05, 0) is 23.3 Å². The van der Waals surface area contributed by atoms with E-state index in [9.17, 15) is 18.4 Å². The smallest absolute Gasteiger partial charge is 0.387 e. The van der Waals surface area contributed by atoms with Crippen LogP contribution in [-0.4, -0.2) is 38.6 Å². The number of amides is 2. The summed E-state index contributed by atoms with van der Waals surface area (Å²) < 4.78 is 29.0. The number of carbonyl (C=O) groups excluding carboxylic acids is 2. The molecule has 0 aliphatic carbocycles. The van der Waals surface area contributed by atoms with Crippen molar-refractivity contribution in [2.45, 2.75) is 12.7 Å². The molecule has 0 bridgehead atoms. The fraction of sp³-hybridized carbons (Fsp3) is 0.263. The molecule has 3 N–H and O–H groups in total. The van der Waals surface area contributed by atoms with Crippen LogP contribution in [0.3, 0.4) is 0 Å². The average Bonchev–Trinajstić information content (AvgIpc) is 2.67. The summed E-state index contributed by atoms with van der Waals surface area (Å²) in [5.74, 6) is -0.571. The van der Waals surface area contributed by atoms with Gasteiger partial charge in [-0.1, -0.05) is 42.5 Å². The molecule has 0 aromatic heterocycles. The highest BCUT2D eigenvalue weighted by molar-refractivity contribution is 5.85. The Bertz CT molecular complexity index is 740. The Kier molecular flexibility index (Phi) is 7.69. The first-order chi connectivity index (χ1) is 13.0. The minimum atomic E-state index is -2.89. The van der Waals surface area contributed by atoms with Crippen molar-refractivity contribution in [3.05, 3.63) is 65.7 Å². The van der Waals surface area contributed by atoms with Crippen LogP contribution in [0, 0.1) is 0 Å². The molecule has 0 radical (unpaired) electrons. The van der Waals surface area contributed by atoms with Crippen molar-refractivity contribution in [3.63, 3.8) is 0 Å². The molecular formula is C19H21F2N3O3. The maximum atomic E-state index is 12.3. The van der Waals surface area contributed by atoms with E-state index in [4.69, 9.17) is 0 Å². The number of rotatable bonds is 9. The number of likely N-dealkylation sites (N-methyl/N-ethyl adjacent to an activating group) is 1. The molecule has 2 rings (SSSR count). The Balaban J connectivity index is 2.08. The first-order valence-corrected chi connectivity index (χ1v) is 8.30. The molecule has 2 aromatic carbocycles. The molecule has 2 aromatic rings. The molecule has 0 unspecified atom stereocenters. The summed E-state index contributed by atoms with van der Waals surface area (Å²) in [5.41, 5.74) is 1.68. The normalized spacial score (nSPS) is 11.7. The van der Waals surface area contributed by atoms with Gasteiger partial charge in [-0.15, -0.1) is 0 Å². The molecule has 27 heavy (non-hydrogen) atoms. The molecule has 0 saturated carbocycles. The lowest BCUT2D eigenvalue weighted by molar-refractivity contribution is -0.125. The standard InChI is InChI=1S/C19H21F2N3O3/c1-22-16(25)11-23-17(26)12-24-18(13-5-3-2-4-6-13)14-7-9-15(10-8-14)27-19(20)21/h2-10,18-19,24H,11-12H2,1H3,(H,22,25)(H,23,26)/t18-/m1/s1. The maximum absolute atomic E-state index is 12.3. The van der Waals surface area contributed by atoms with Crippen molar-refractivity contribution >= 4 is 11.8 Å². The van der Waals surface area contributed by atoms with Crippen molar-refractivity contribution in [2.75, 3.05) is 20.1 Å². The van der Waals surface area contributed by atoms with Gasteiger partial charge in [0.2, 0.25) is 11.8 Å². The Hall–Kier alpha value is -3.00. The second-order valence-electron chi connectivity index (χ2n) is 5.62. The van der Waals surface area contributed by atoms with Gasteiger partial charge in [-0.3, -0.25) is 14.9 Å². The SMILES string of the molecule is CNC(=O)CNC(=O)CN[C@H](c1ccccc1)c1ccc(OC(F)F)cc1. The zero-order valence-electron chi connectivity index (χ0n) is 14.7. The van der Waals surface area contributed by atoms with Crippen molar-refractivity contribution in [1.29, 1.82) is 0 Å². The van der Waals surface area contributed by atoms with E-state index in [1.165, 1.54) is 19.2 Å². The van der Waals surface area contributed by atoms with Crippen LogP contribution in [0.2, 0.25) is 0 Å². The van der Waals surface area contributed by atoms with Gasteiger partial charge in [0, 0.05) is 7.05 Å². The minimum absolute atomic E-state index is 0.0220. The van der Waals surface area contributed by atoms with E-state index in [1.807, 2.05) is 30.3 Å². The van der Waals surface area contributed by atoms with Gasteiger partial charge in [-0.2, -0.15) is 8.78 Å². The number of carbonyl (C=O) groups is 2. The molecule has 0 saturated heterocycles. The van der Waals surface area contributed by atoms with Gasteiger partial charge < -0.3 is 15.4 Å². The van der Waals surface area contributed by atoms with Gasteiger partial charge >= 0.3 is 6.61 Å². The maximum Gasteiger partial charge on any atom is 0.387 e. The highest BCUT2D eigenvalue weighted by Gasteiger charge is 2.16. The monoisotopic (exact) mass is 377 g/mol. The van der Waals surface area contributed by atoms with E-state index in [2.05, 4.69) is 20.7 Å². The quantitative estimate of drug-likeness (QED) is 0.623. The molecular weight excluding hydrogens is 356 g/mol. The van der Waals surface area contributed by atoms with Gasteiger partial charge in [0.1, 0.15) is 5.75 Å². The predicted molar refractivity (Wildman–Crippen MR) is 96.4 cm³/mol. The lowest BCUT2D eigenvalue weighted by Crippen LogP contribution is -2.40. The Morgan fingerprint density at radius 1 is 0.926 bits per heavy atom. The first-order valence-electron chi connectivity index (χ1n) is 8.30. The number of benzene rings is 2. The molecule has 0 heterocycles. The molecule has 0 aliphatic rings. The molecule has 1 atom stereocenters. The Labute approximate surface area is 155 Å². The Morgan fingerprint density at radius 3 is 2.15 bits per heavy atom. The number of nitrogens with one attached hydrogen (secondary N) is 3. The van der Waals surface area contributed by atoms with Crippen molar-refractivity contribution < 1.29 is 23.1 Å². The third kappa shape index (κ3) is 6.67. The largest absolute Gasteiger partial charge is 0.435 e. The summed E-state index contributed by atoms with van der Waals surface area (Å²) in [5, 5.41) is 8.04. The van der Waals surface area contributed by atoms with E-state index >= 15 is 0 Å². The van der Waals surface area contributed by atoms with E-state index in [0.29, 0.717) is 0 Å². The van der Waals surface area contributed by atoms with Gasteiger partial charge in [0.25, 0.3) is 0 Å². The highest BCUT2D eigenvalue weighted by atomic mass is 19.3. The number of alkyl halides is 2. The van der Waals surface area contributed by atoms with Crippen molar-refractivity contribution in [2.24, 2.45) is 0 Å². The number of halogens is 2. The summed E-state index contributed by atoms with van der Waals surface area (Å²) in [6.45, 7) is -3.01. The van der Waals surface area contributed by atoms with E-state index in [-0.39, 0.29) is 36.7 Å². The zero-order valence-corrected chi connectivity index (χ0v) is 14.7. The lowest BCUT2D eigenvalue weighted by Gasteiger charge is -2.20. The van der Waals surface area contributed by atoms with Crippen LogP contribution in [0.15, 0.2) is 54.6 Å². The molecule has 0 spiro atoms. The van der Waals surface area contributed by atoms with Gasteiger partial charge in [-0.25, -0.2) is 0 Å². The Morgan fingerprint density at radius 2 is 1.56 bits per heavy atom. The average molecular weight is 377 g/mol. The fourth-order valence-electron chi connectivity index (χ4n) is 2.44. The summed E-state index contributed by atoms with van der Waals surface area (Å²) in [7, 11) is 1.49. The summed E-state index contributed by atoms with van der Waals surface area (Å²) in [4.78, 5) is 23.1. The van der Waals surface area contributed by atoms with Crippen LogP contribution in [-0.2, 0) is 9.59 Å². The molecule has 2 amide bonds. The number of ether oxygens (including phenoxy) is 1. The third-order valence-corrected chi connectivity index (χ3v) is 3.76. The van der Waals surface area contributed by atoms with Crippen molar-refractivity contribution in [3.8, 4) is 5.75 Å². The van der Waals surface area contributed by atoms with E-state index in [1.54, 1.807) is 12.1 Å². The summed E-state index contributed by atoms with van der Waals surface area (Å²) in [6.07, 6.45) is 0. The fourth-order valence-corrected chi connectivity index (χ4v) is 2.44. The van der Waals surface area contributed by atoms with Crippen LogP contribution in [0.4, 0.5) is 8.78 Å². The zero-order chi connectivity index (χ0) is 19.6. The van der Waals surface area contributed by atoms with E-state index in [0.717, 1.165) is 11.1 Å². The third-order valence-electron chi connectivity index (χ3n) is 3.76.